The third kappa shape index (κ3) is 5.13. The van der Waals surface area contributed by atoms with Crippen LogP contribution in [0, 0.1) is 5.92 Å². The molecular formula is C25H26N2O3. The van der Waals surface area contributed by atoms with Gasteiger partial charge in [0.05, 0.1) is 12.8 Å². The number of rotatable bonds is 8. The topological polar surface area (TPSA) is 70.9 Å². The summed E-state index contributed by atoms with van der Waals surface area (Å²) in [5.74, 6) is 0.606. The summed E-state index contributed by atoms with van der Waals surface area (Å²) in [6.07, 6.45) is 1.53. The van der Waals surface area contributed by atoms with E-state index < -0.39 is 11.5 Å². The Kier molecular flexibility index (Phi) is 6.99. The maximum Gasteiger partial charge on any atom is 0.281 e. The fourth-order valence-electron chi connectivity index (χ4n) is 2.95. The first-order valence-corrected chi connectivity index (χ1v) is 9.90. The molecule has 0 saturated carbocycles. The van der Waals surface area contributed by atoms with Crippen LogP contribution in [0.2, 0.25) is 0 Å². The molecule has 0 aliphatic rings. The van der Waals surface area contributed by atoms with Gasteiger partial charge in [-0.2, -0.15) is 5.10 Å². The van der Waals surface area contributed by atoms with Crippen LogP contribution in [-0.4, -0.2) is 23.8 Å². The van der Waals surface area contributed by atoms with Gasteiger partial charge in [0, 0.05) is 0 Å². The van der Waals surface area contributed by atoms with E-state index in [1.165, 1.54) is 6.21 Å². The van der Waals surface area contributed by atoms with Crippen molar-refractivity contribution in [3.63, 3.8) is 0 Å². The molecule has 5 nitrogen and oxygen atoms in total. The summed E-state index contributed by atoms with van der Waals surface area (Å²) in [4.78, 5) is 13.0. The molecule has 3 aromatic rings. The van der Waals surface area contributed by atoms with Crippen molar-refractivity contribution in [3.8, 4) is 5.75 Å². The number of aliphatic hydroxyl groups is 1. The Hall–Kier alpha value is -3.44. The number of carbonyl (C=O) groups is 1. The van der Waals surface area contributed by atoms with Crippen molar-refractivity contribution < 1.29 is 14.6 Å². The summed E-state index contributed by atoms with van der Waals surface area (Å²) in [5.41, 5.74) is 2.36. The molecule has 0 aliphatic carbocycles. The highest BCUT2D eigenvalue weighted by molar-refractivity contribution is 5.91. The van der Waals surface area contributed by atoms with Gasteiger partial charge in [0.1, 0.15) is 5.75 Å². The molecule has 0 fully saturated rings. The van der Waals surface area contributed by atoms with Crippen LogP contribution < -0.4 is 10.2 Å². The summed E-state index contributed by atoms with van der Waals surface area (Å²) in [7, 11) is 0. The minimum absolute atomic E-state index is 0.453. The SMILES string of the molecule is CC(C)COc1ccc(/C=N/NC(=O)C(O)(c2ccccc2)c2ccccc2)cc1. The van der Waals surface area contributed by atoms with Crippen molar-refractivity contribution in [1.82, 2.24) is 5.43 Å². The minimum Gasteiger partial charge on any atom is -0.493 e. The molecule has 0 aliphatic heterocycles. The molecule has 0 radical (unpaired) electrons. The summed E-state index contributed by atoms with van der Waals surface area (Å²) in [6, 6.07) is 25.1. The zero-order valence-electron chi connectivity index (χ0n) is 17.2. The van der Waals surface area contributed by atoms with E-state index in [4.69, 9.17) is 4.74 Å². The van der Waals surface area contributed by atoms with Gasteiger partial charge in [-0.25, -0.2) is 5.43 Å². The van der Waals surface area contributed by atoms with E-state index in [9.17, 15) is 9.90 Å². The van der Waals surface area contributed by atoms with Crippen LogP contribution >= 0.6 is 0 Å². The Labute approximate surface area is 177 Å². The van der Waals surface area contributed by atoms with Gasteiger partial charge < -0.3 is 9.84 Å². The van der Waals surface area contributed by atoms with Crippen molar-refractivity contribution in [1.29, 1.82) is 0 Å². The second-order valence-electron chi connectivity index (χ2n) is 7.42. The summed E-state index contributed by atoms with van der Waals surface area (Å²) >= 11 is 0. The van der Waals surface area contributed by atoms with Crippen LogP contribution in [0.4, 0.5) is 0 Å². The standard InChI is InChI=1S/C25H26N2O3/c1-19(2)18-30-23-15-13-20(14-16-23)17-26-27-24(28)25(29,21-9-5-3-6-10-21)22-11-7-4-8-12-22/h3-17,19,29H,18H2,1-2H3,(H,27,28)/b26-17+. The average molecular weight is 402 g/mol. The highest BCUT2D eigenvalue weighted by Crippen LogP contribution is 2.29. The highest BCUT2D eigenvalue weighted by atomic mass is 16.5. The monoisotopic (exact) mass is 402 g/mol. The summed E-state index contributed by atoms with van der Waals surface area (Å²) < 4.78 is 5.66. The Morgan fingerprint density at radius 1 is 0.967 bits per heavy atom. The van der Waals surface area contributed by atoms with Crippen molar-refractivity contribution in [2.75, 3.05) is 6.61 Å². The van der Waals surface area contributed by atoms with Gasteiger partial charge in [-0.15, -0.1) is 0 Å². The molecule has 5 heteroatoms. The number of ether oxygens (including phenoxy) is 1. The van der Waals surface area contributed by atoms with E-state index in [-0.39, 0.29) is 0 Å². The van der Waals surface area contributed by atoms with Crippen molar-refractivity contribution >= 4 is 12.1 Å². The number of carbonyl (C=O) groups excluding carboxylic acids is 1. The van der Waals surface area contributed by atoms with Crippen molar-refractivity contribution in [2.24, 2.45) is 11.0 Å². The Morgan fingerprint density at radius 2 is 1.50 bits per heavy atom. The number of nitrogens with one attached hydrogen (secondary N) is 1. The van der Waals surface area contributed by atoms with E-state index in [0.717, 1.165) is 11.3 Å². The molecule has 3 aromatic carbocycles. The lowest BCUT2D eigenvalue weighted by Gasteiger charge is -2.27. The smallest absolute Gasteiger partial charge is 0.281 e. The Balaban J connectivity index is 1.74. The number of hydrogen-bond acceptors (Lipinski definition) is 4. The van der Waals surface area contributed by atoms with Gasteiger partial charge in [-0.3, -0.25) is 4.79 Å². The minimum atomic E-state index is -1.85. The van der Waals surface area contributed by atoms with E-state index in [1.54, 1.807) is 48.5 Å². The fraction of sp³-hybridized carbons (Fsp3) is 0.200. The maximum absolute atomic E-state index is 13.0. The molecule has 0 heterocycles. The third-order valence-corrected chi connectivity index (χ3v) is 4.55. The predicted octanol–water partition coefficient (Wildman–Crippen LogP) is 4.11. The Bertz CT molecular complexity index is 929. The van der Waals surface area contributed by atoms with Crippen LogP contribution in [0.15, 0.2) is 90.0 Å². The lowest BCUT2D eigenvalue weighted by Crippen LogP contribution is -2.43. The van der Waals surface area contributed by atoms with Gasteiger partial charge in [0.15, 0.2) is 5.60 Å². The van der Waals surface area contributed by atoms with Crippen molar-refractivity contribution in [3.05, 3.63) is 102 Å². The lowest BCUT2D eigenvalue weighted by atomic mass is 9.85. The van der Waals surface area contributed by atoms with Crippen LogP contribution in [0.1, 0.15) is 30.5 Å². The third-order valence-electron chi connectivity index (χ3n) is 4.55. The molecule has 2 N–H and O–H groups in total. The molecule has 0 atom stereocenters. The molecule has 30 heavy (non-hydrogen) atoms. The van der Waals surface area contributed by atoms with Gasteiger partial charge >= 0.3 is 0 Å². The molecule has 1 amide bonds. The summed E-state index contributed by atoms with van der Waals surface area (Å²) in [5, 5.41) is 15.4. The van der Waals surface area contributed by atoms with Gasteiger partial charge in [0.2, 0.25) is 0 Å². The van der Waals surface area contributed by atoms with Crippen LogP contribution in [0.3, 0.4) is 0 Å². The van der Waals surface area contributed by atoms with Gasteiger partial charge in [0.25, 0.3) is 5.91 Å². The number of amides is 1. The fourth-order valence-corrected chi connectivity index (χ4v) is 2.95. The van der Waals surface area contributed by atoms with E-state index in [2.05, 4.69) is 24.4 Å². The number of benzene rings is 3. The predicted molar refractivity (Wildman–Crippen MR) is 118 cm³/mol. The number of nitrogens with zero attached hydrogens (tertiary/aromatic N) is 1. The molecule has 0 bridgehead atoms. The molecule has 0 unspecified atom stereocenters. The molecule has 154 valence electrons. The zero-order valence-corrected chi connectivity index (χ0v) is 17.2. The number of hydrogen-bond donors (Lipinski definition) is 2. The van der Waals surface area contributed by atoms with E-state index >= 15 is 0 Å². The van der Waals surface area contributed by atoms with Gasteiger partial charge in [-0.05, 0) is 46.9 Å². The van der Waals surface area contributed by atoms with Crippen molar-refractivity contribution in [2.45, 2.75) is 19.4 Å². The molecule has 0 spiro atoms. The molecule has 0 saturated heterocycles. The normalized spacial score (nSPS) is 11.6. The average Bonchev–Trinajstić information content (AvgIpc) is 2.79. The molecule has 3 rings (SSSR count). The molecular weight excluding hydrogens is 376 g/mol. The first-order valence-electron chi connectivity index (χ1n) is 9.90. The summed E-state index contributed by atoms with van der Waals surface area (Å²) in [6.45, 7) is 4.84. The van der Waals surface area contributed by atoms with Crippen LogP contribution in [0.25, 0.3) is 0 Å². The first kappa shape index (κ1) is 21.3. The lowest BCUT2D eigenvalue weighted by molar-refractivity contribution is -0.136. The van der Waals surface area contributed by atoms with Gasteiger partial charge in [-0.1, -0.05) is 74.5 Å². The highest BCUT2D eigenvalue weighted by Gasteiger charge is 2.39. The first-order chi connectivity index (χ1) is 14.5. The van der Waals surface area contributed by atoms with Crippen LogP contribution in [0.5, 0.6) is 5.75 Å². The molecule has 0 aromatic heterocycles. The number of hydrazone groups is 1. The zero-order chi connectivity index (χ0) is 21.4. The second kappa shape index (κ2) is 9.85. The van der Waals surface area contributed by atoms with Crippen LogP contribution in [-0.2, 0) is 10.4 Å². The van der Waals surface area contributed by atoms with E-state index in [1.807, 2.05) is 36.4 Å². The Morgan fingerprint density at radius 3 is 2.00 bits per heavy atom. The quantitative estimate of drug-likeness (QED) is 0.440. The largest absolute Gasteiger partial charge is 0.493 e. The maximum atomic E-state index is 13.0. The van der Waals surface area contributed by atoms with E-state index in [0.29, 0.717) is 23.7 Å². The second-order valence-corrected chi connectivity index (χ2v) is 7.42.